The predicted octanol–water partition coefficient (Wildman–Crippen LogP) is 3.11. The molecule has 0 bridgehead atoms. The monoisotopic (exact) mass is 287 g/mol. The van der Waals surface area contributed by atoms with Crippen LogP contribution in [0.1, 0.15) is 34.9 Å². The van der Waals surface area contributed by atoms with E-state index in [1.807, 2.05) is 23.2 Å². The van der Waals surface area contributed by atoms with Crippen molar-refractivity contribution in [1.82, 2.24) is 14.9 Å². The van der Waals surface area contributed by atoms with Gasteiger partial charge in [0.25, 0.3) is 5.91 Å². The van der Waals surface area contributed by atoms with Crippen molar-refractivity contribution >= 4 is 17.5 Å². The zero-order valence-corrected chi connectivity index (χ0v) is 11.6. The number of aromatic nitrogens is 2. The number of nitrogens with zero attached hydrogens (tertiary/aromatic N) is 3. The quantitative estimate of drug-likeness (QED) is 0.852. The summed E-state index contributed by atoms with van der Waals surface area (Å²) in [5.74, 6) is -0.0705. The van der Waals surface area contributed by atoms with E-state index in [4.69, 9.17) is 11.6 Å². The topological polar surface area (TPSA) is 46.1 Å². The summed E-state index contributed by atoms with van der Waals surface area (Å²) in [4.78, 5) is 22.7. The summed E-state index contributed by atoms with van der Waals surface area (Å²) in [6, 6.07) is 7.27. The van der Waals surface area contributed by atoms with Crippen LogP contribution >= 0.6 is 11.6 Å². The summed E-state index contributed by atoms with van der Waals surface area (Å²) in [5, 5.41) is 0.528. The molecule has 0 aromatic carbocycles. The van der Waals surface area contributed by atoms with Crippen molar-refractivity contribution in [2.24, 2.45) is 0 Å². The van der Waals surface area contributed by atoms with Gasteiger partial charge in [-0.2, -0.15) is 0 Å². The maximum absolute atomic E-state index is 12.6. The molecule has 3 heterocycles. The van der Waals surface area contributed by atoms with Crippen LogP contribution < -0.4 is 0 Å². The molecule has 0 aliphatic carbocycles. The minimum Gasteiger partial charge on any atom is -0.330 e. The number of pyridine rings is 2. The summed E-state index contributed by atoms with van der Waals surface area (Å²) < 4.78 is 0. The van der Waals surface area contributed by atoms with Gasteiger partial charge < -0.3 is 4.90 Å². The molecule has 2 aromatic rings. The molecule has 1 saturated heterocycles. The van der Waals surface area contributed by atoms with E-state index in [9.17, 15) is 4.79 Å². The van der Waals surface area contributed by atoms with Crippen molar-refractivity contribution in [1.29, 1.82) is 0 Å². The third-order valence-electron chi connectivity index (χ3n) is 3.52. The largest absolute Gasteiger partial charge is 0.330 e. The van der Waals surface area contributed by atoms with Crippen LogP contribution in [0.3, 0.4) is 0 Å². The first-order valence-corrected chi connectivity index (χ1v) is 6.96. The third kappa shape index (κ3) is 2.51. The van der Waals surface area contributed by atoms with E-state index in [0.717, 1.165) is 24.9 Å². The smallest absolute Gasteiger partial charge is 0.273 e. The number of hydrogen-bond acceptors (Lipinski definition) is 3. The van der Waals surface area contributed by atoms with E-state index >= 15 is 0 Å². The molecule has 1 aliphatic rings. The first-order chi connectivity index (χ1) is 9.75. The van der Waals surface area contributed by atoms with Gasteiger partial charge in [-0.3, -0.25) is 14.8 Å². The lowest BCUT2D eigenvalue weighted by Gasteiger charge is -2.24. The zero-order chi connectivity index (χ0) is 13.9. The molecule has 1 fully saturated rings. The van der Waals surface area contributed by atoms with Gasteiger partial charge in [0.2, 0.25) is 0 Å². The Bertz CT molecular complexity index is 618. The molecule has 20 heavy (non-hydrogen) atoms. The van der Waals surface area contributed by atoms with Crippen LogP contribution in [0, 0.1) is 0 Å². The van der Waals surface area contributed by atoms with Gasteiger partial charge in [-0.05, 0) is 36.6 Å². The second-order valence-electron chi connectivity index (χ2n) is 4.80. The minimum atomic E-state index is -0.0705. The lowest BCUT2D eigenvalue weighted by molar-refractivity contribution is 0.0729. The average molecular weight is 288 g/mol. The van der Waals surface area contributed by atoms with Crippen LogP contribution in [-0.2, 0) is 0 Å². The van der Waals surface area contributed by atoms with Crippen molar-refractivity contribution < 1.29 is 4.79 Å². The Hall–Kier alpha value is -1.94. The van der Waals surface area contributed by atoms with Crippen molar-refractivity contribution in [3.05, 3.63) is 59.1 Å². The van der Waals surface area contributed by atoms with E-state index in [1.165, 1.54) is 0 Å². The van der Waals surface area contributed by atoms with Crippen molar-refractivity contribution in [2.75, 3.05) is 6.54 Å². The molecule has 1 aliphatic heterocycles. The molecule has 0 N–H and O–H groups in total. The Kier molecular flexibility index (Phi) is 3.65. The SMILES string of the molecule is O=C(c1cc(Cl)ccn1)N1CCCC1c1cccnc1. The Morgan fingerprint density at radius 3 is 3.00 bits per heavy atom. The Morgan fingerprint density at radius 2 is 2.25 bits per heavy atom. The summed E-state index contributed by atoms with van der Waals surface area (Å²) in [6.45, 7) is 0.743. The molecule has 0 spiro atoms. The lowest BCUT2D eigenvalue weighted by atomic mass is 10.1. The molecule has 102 valence electrons. The lowest BCUT2D eigenvalue weighted by Crippen LogP contribution is -2.31. The minimum absolute atomic E-state index is 0.0705. The molecule has 1 unspecified atom stereocenters. The Balaban J connectivity index is 1.87. The zero-order valence-electron chi connectivity index (χ0n) is 10.9. The third-order valence-corrected chi connectivity index (χ3v) is 3.76. The maximum Gasteiger partial charge on any atom is 0.273 e. The molecule has 5 heteroatoms. The molecular weight excluding hydrogens is 274 g/mol. The van der Waals surface area contributed by atoms with E-state index in [1.54, 1.807) is 24.5 Å². The van der Waals surface area contributed by atoms with E-state index in [0.29, 0.717) is 10.7 Å². The van der Waals surface area contributed by atoms with E-state index in [2.05, 4.69) is 9.97 Å². The first kappa shape index (κ1) is 13.1. The summed E-state index contributed by atoms with van der Waals surface area (Å²) >= 11 is 5.93. The van der Waals surface area contributed by atoms with Gasteiger partial charge in [-0.15, -0.1) is 0 Å². The van der Waals surface area contributed by atoms with Crippen LogP contribution in [0.25, 0.3) is 0 Å². The Labute approximate surface area is 122 Å². The van der Waals surface area contributed by atoms with Gasteiger partial charge in [-0.1, -0.05) is 17.7 Å². The highest BCUT2D eigenvalue weighted by molar-refractivity contribution is 6.30. The molecule has 3 rings (SSSR count). The first-order valence-electron chi connectivity index (χ1n) is 6.58. The van der Waals surface area contributed by atoms with E-state index in [-0.39, 0.29) is 11.9 Å². The summed E-state index contributed by atoms with van der Waals surface area (Å²) in [6.07, 6.45) is 7.07. The molecule has 1 amide bonds. The molecular formula is C15H14ClN3O. The number of halogens is 1. The number of carbonyl (C=O) groups excluding carboxylic acids is 1. The molecule has 2 aromatic heterocycles. The number of hydrogen-bond donors (Lipinski definition) is 0. The highest BCUT2D eigenvalue weighted by Crippen LogP contribution is 2.32. The second-order valence-corrected chi connectivity index (χ2v) is 5.24. The molecule has 0 saturated carbocycles. The molecule has 0 radical (unpaired) electrons. The van der Waals surface area contributed by atoms with Gasteiger partial charge >= 0.3 is 0 Å². The number of rotatable bonds is 2. The van der Waals surface area contributed by atoms with Crippen molar-refractivity contribution in [3.8, 4) is 0 Å². The Morgan fingerprint density at radius 1 is 1.35 bits per heavy atom. The highest BCUT2D eigenvalue weighted by Gasteiger charge is 2.31. The summed E-state index contributed by atoms with van der Waals surface area (Å²) in [7, 11) is 0. The van der Waals surface area contributed by atoms with Crippen LogP contribution in [0.15, 0.2) is 42.9 Å². The second kappa shape index (κ2) is 5.59. The van der Waals surface area contributed by atoms with Crippen molar-refractivity contribution in [2.45, 2.75) is 18.9 Å². The van der Waals surface area contributed by atoms with Crippen LogP contribution in [0.2, 0.25) is 5.02 Å². The van der Waals surface area contributed by atoms with Gasteiger partial charge in [0.1, 0.15) is 5.69 Å². The van der Waals surface area contributed by atoms with Gasteiger partial charge in [0, 0.05) is 30.2 Å². The standard InChI is InChI=1S/C15H14ClN3O/c16-12-5-7-18-13(9-12)15(20)19-8-2-4-14(19)11-3-1-6-17-10-11/h1,3,5-7,9-10,14H,2,4,8H2. The molecule has 4 nitrogen and oxygen atoms in total. The van der Waals surface area contributed by atoms with Crippen molar-refractivity contribution in [3.63, 3.8) is 0 Å². The fourth-order valence-corrected chi connectivity index (χ4v) is 2.76. The maximum atomic E-state index is 12.6. The average Bonchev–Trinajstić information content (AvgIpc) is 2.97. The highest BCUT2D eigenvalue weighted by atomic mass is 35.5. The number of carbonyl (C=O) groups is 1. The fraction of sp³-hybridized carbons (Fsp3) is 0.267. The molecule has 1 atom stereocenters. The predicted molar refractivity (Wildman–Crippen MR) is 76.5 cm³/mol. The number of likely N-dealkylation sites (tertiary alicyclic amines) is 1. The van der Waals surface area contributed by atoms with E-state index < -0.39 is 0 Å². The normalized spacial score (nSPS) is 18.2. The van der Waals surface area contributed by atoms with Gasteiger partial charge in [-0.25, -0.2) is 0 Å². The van der Waals surface area contributed by atoms with Crippen LogP contribution in [-0.4, -0.2) is 27.3 Å². The number of amides is 1. The van der Waals surface area contributed by atoms with Crippen LogP contribution in [0.5, 0.6) is 0 Å². The van der Waals surface area contributed by atoms with Gasteiger partial charge in [0.05, 0.1) is 6.04 Å². The summed E-state index contributed by atoms with van der Waals surface area (Å²) in [5.41, 5.74) is 1.47. The fourth-order valence-electron chi connectivity index (χ4n) is 2.60. The van der Waals surface area contributed by atoms with Crippen LogP contribution in [0.4, 0.5) is 0 Å². The van der Waals surface area contributed by atoms with Gasteiger partial charge in [0.15, 0.2) is 0 Å².